The van der Waals surface area contributed by atoms with Crippen molar-refractivity contribution in [2.24, 2.45) is 5.73 Å². The van der Waals surface area contributed by atoms with Crippen molar-refractivity contribution in [3.05, 3.63) is 76.9 Å². The molecule has 2 N–H and O–H groups in total. The van der Waals surface area contributed by atoms with Crippen molar-refractivity contribution < 1.29 is 23.5 Å². The summed E-state index contributed by atoms with van der Waals surface area (Å²) in [5, 5.41) is 0. The van der Waals surface area contributed by atoms with Crippen molar-refractivity contribution >= 4 is 11.8 Å². The van der Waals surface area contributed by atoms with Gasteiger partial charge in [-0.25, -0.2) is 4.39 Å². The molecule has 32 heavy (non-hydrogen) atoms. The van der Waals surface area contributed by atoms with Crippen molar-refractivity contribution in [2.45, 2.75) is 19.9 Å². The topological polar surface area (TPSA) is 86.8 Å². The van der Waals surface area contributed by atoms with E-state index in [9.17, 15) is 14.0 Å². The van der Waals surface area contributed by atoms with Crippen molar-refractivity contribution in [1.82, 2.24) is 9.47 Å². The van der Waals surface area contributed by atoms with E-state index in [1.165, 1.54) is 30.1 Å². The molecule has 0 bridgehead atoms. The van der Waals surface area contributed by atoms with Gasteiger partial charge >= 0.3 is 0 Å². The molecule has 3 aromatic rings. The third kappa shape index (κ3) is 3.79. The number of amides is 2. The standard InChI is InChI=1S/C24H24FN3O4/c1-14-11-19(15(2)28(14)18-7-8-20-21(13-18)32-10-9-31-20)24(30)27(3)22(23(26)29)16-5-4-6-17(25)12-16/h4-8,11-13,22H,9-10H2,1-3H3,(H2,26,29). The zero-order valence-electron chi connectivity index (χ0n) is 18.1. The van der Waals surface area contributed by atoms with Gasteiger partial charge in [0.15, 0.2) is 11.5 Å². The maximum Gasteiger partial charge on any atom is 0.256 e. The minimum atomic E-state index is -1.10. The summed E-state index contributed by atoms with van der Waals surface area (Å²) in [6, 6.07) is 11.8. The van der Waals surface area contributed by atoms with Crippen molar-refractivity contribution in [1.29, 1.82) is 0 Å². The molecule has 1 unspecified atom stereocenters. The molecule has 7 nitrogen and oxygen atoms in total. The van der Waals surface area contributed by atoms with Gasteiger partial charge in [0.05, 0.1) is 5.56 Å². The predicted molar refractivity (Wildman–Crippen MR) is 117 cm³/mol. The van der Waals surface area contributed by atoms with E-state index in [-0.39, 0.29) is 0 Å². The molecule has 1 atom stereocenters. The lowest BCUT2D eigenvalue weighted by Crippen LogP contribution is -2.39. The fraction of sp³-hybridized carbons (Fsp3) is 0.250. The highest BCUT2D eigenvalue weighted by atomic mass is 19.1. The van der Waals surface area contributed by atoms with Crippen LogP contribution in [-0.4, -0.2) is 41.5 Å². The van der Waals surface area contributed by atoms with Gasteiger partial charge in [0, 0.05) is 30.2 Å². The first-order valence-electron chi connectivity index (χ1n) is 10.2. The number of nitrogens with zero attached hydrogens (tertiary/aromatic N) is 2. The second-order valence-corrected chi connectivity index (χ2v) is 7.72. The Kier molecular flexibility index (Phi) is 5.61. The smallest absolute Gasteiger partial charge is 0.256 e. The van der Waals surface area contributed by atoms with Crippen molar-refractivity contribution in [3.63, 3.8) is 0 Å². The average Bonchev–Trinajstić information content (AvgIpc) is 3.06. The summed E-state index contributed by atoms with van der Waals surface area (Å²) in [6.07, 6.45) is 0. The van der Waals surface area contributed by atoms with Crippen LogP contribution < -0.4 is 15.2 Å². The molecule has 1 aliphatic heterocycles. The molecule has 2 heterocycles. The molecule has 0 aliphatic carbocycles. The second-order valence-electron chi connectivity index (χ2n) is 7.72. The second kappa shape index (κ2) is 8.37. The van der Waals surface area contributed by atoms with Crippen LogP contribution in [-0.2, 0) is 4.79 Å². The number of aryl methyl sites for hydroxylation is 1. The Morgan fingerprint density at radius 3 is 2.47 bits per heavy atom. The normalized spacial score (nSPS) is 13.5. The lowest BCUT2D eigenvalue weighted by atomic mass is 10.0. The summed E-state index contributed by atoms with van der Waals surface area (Å²) in [7, 11) is 1.48. The molecule has 4 rings (SSSR count). The molecule has 2 amide bonds. The first-order valence-corrected chi connectivity index (χ1v) is 10.2. The third-order valence-corrected chi connectivity index (χ3v) is 5.59. The van der Waals surface area contributed by atoms with E-state index in [0.717, 1.165) is 11.4 Å². The number of ether oxygens (including phenoxy) is 2. The molecule has 0 fully saturated rings. The molecule has 1 aromatic heterocycles. The Morgan fingerprint density at radius 1 is 1.06 bits per heavy atom. The first-order chi connectivity index (χ1) is 15.3. The monoisotopic (exact) mass is 437 g/mol. The van der Waals surface area contributed by atoms with Crippen molar-refractivity contribution in [2.75, 3.05) is 20.3 Å². The zero-order valence-corrected chi connectivity index (χ0v) is 18.1. The van der Waals surface area contributed by atoms with Gasteiger partial charge in [-0.1, -0.05) is 12.1 Å². The van der Waals surface area contributed by atoms with Gasteiger partial charge in [0.25, 0.3) is 5.91 Å². The number of likely N-dealkylation sites (N-methyl/N-ethyl adjacent to an activating group) is 1. The van der Waals surface area contributed by atoms with E-state index in [4.69, 9.17) is 15.2 Å². The molecule has 166 valence electrons. The Labute approximate surface area is 185 Å². The van der Waals surface area contributed by atoms with E-state index in [2.05, 4.69) is 0 Å². The van der Waals surface area contributed by atoms with Gasteiger partial charge in [-0.3, -0.25) is 9.59 Å². The summed E-state index contributed by atoms with van der Waals surface area (Å²) < 4.78 is 26.9. The summed E-state index contributed by atoms with van der Waals surface area (Å²) in [4.78, 5) is 26.8. The molecule has 0 saturated carbocycles. The fourth-order valence-electron chi connectivity index (χ4n) is 4.11. The maximum atomic E-state index is 13.7. The number of rotatable bonds is 5. The maximum absolute atomic E-state index is 13.7. The largest absolute Gasteiger partial charge is 0.486 e. The molecule has 8 heteroatoms. The quantitative estimate of drug-likeness (QED) is 0.664. The number of aromatic nitrogens is 1. The minimum absolute atomic E-state index is 0.314. The minimum Gasteiger partial charge on any atom is -0.486 e. The highest BCUT2D eigenvalue weighted by Crippen LogP contribution is 2.34. The van der Waals surface area contributed by atoms with Crippen LogP contribution in [0.4, 0.5) is 4.39 Å². The highest BCUT2D eigenvalue weighted by Gasteiger charge is 2.30. The Morgan fingerprint density at radius 2 is 1.78 bits per heavy atom. The van der Waals surface area contributed by atoms with Gasteiger partial charge in [0.1, 0.15) is 25.1 Å². The van der Waals surface area contributed by atoms with Crippen LogP contribution in [0.3, 0.4) is 0 Å². The van der Waals surface area contributed by atoms with Crippen LogP contribution in [0.15, 0.2) is 48.5 Å². The molecule has 0 spiro atoms. The van der Waals surface area contributed by atoms with Crippen LogP contribution in [0.2, 0.25) is 0 Å². The van der Waals surface area contributed by atoms with Gasteiger partial charge in [-0.15, -0.1) is 0 Å². The Hall–Kier alpha value is -3.81. The number of nitrogens with two attached hydrogens (primary N) is 1. The first kappa shape index (κ1) is 21.4. The summed E-state index contributed by atoms with van der Waals surface area (Å²) in [5.74, 6) is -0.322. The molecule has 2 aromatic carbocycles. The number of fused-ring (bicyclic) bond motifs is 1. The number of hydrogen-bond acceptors (Lipinski definition) is 4. The molecular formula is C24H24FN3O4. The Balaban J connectivity index is 1.70. The van der Waals surface area contributed by atoms with Crippen LogP contribution in [0.25, 0.3) is 5.69 Å². The third-order valence-electron chi connectivity index (χ3n) is 5.59. The van der Waals surface area contributed by atoms with Crippen LogP contribution in [0.5, 0.6) is 11.5 Å². The van der Waals surface area contributed by atoms with E-state index in [1.807, 2.05) is 36.6 Å². The molecule has 0 radical (unpaired) electrons. The lowest BCUT2D eigenvalue weighted by molar-refractivity contribution is -0.122. The lowest BCUT2D eigenvalue weighted by Gasteiger charge is -2.26. The highest BCUT2D eigenvalue weighted by molar-refractivity contribution is 5.98. The van der Waals surface area contributed by atoms with E-state index in [0.29, 0.717) is 41.5 Å². The number of benzene rings is 2. The number of hydrogen-bond donors (Lipinski definition) is 1. The SMILES string of the molecule is Cc1cc(C(=O)N(C)C(C(N)=O)c2cccc(F)c2)c(C)n1-c1ccc2c(c1)OCCO2. The Bertz CT molecular complexity index is 1200. The average molecular weight is 437 g/mol. The fourth-order valence-corrected chi connectivity index (χ4v) is 4.11. The van der Waals surface area contributed by atoms with Crippen molar-refractivity contribution in [3.8, 4) is 17.2 Å². The van der Waals surface area contributed by atoms with Gasteiger partial charge in [-0.2, -0.15) is 0 Å². The molecular weight excluding hydrogens is 413 g/mol. The van der Waals surface area contributed by atoms with Gasteiger partial charge < -0.3 is 24.7 Å². The van der Waals surface area contributed by atoms with E-state index < -0.39 is 23.7 Å². The number of primary amides is 1. The number of halogens is 1. The van der Waals surface area contributed by atoms with Gasteiger partial charge in [-0.05, 0) is 49.7 Å². The summed E-state index contributed by atoms with van der Waals surface area (Å²) >= 11 is 0. The van der Waals surface area contributed by atoms with Crippen LogP contribution in [0, 0.1) is 19.7 Å². The molecule has 0 saturated heterocycles. The summed E-state index contributed by atoms with van der Waals surface area (Å²) in [6.45, 7) is 4.69. The zero-order chi connectivity index (χ0) is 23.0. The summed E-state index contributed by atoms with van der Waals surface area (Å²) in [5.41, 5.74) is 8.66. The van der Waals surface area contributed by atoms with E-state index >= 15 is 0 Å². The predicted octanol–water partition coefficient (Wildman–Crippen LogP) is 3.30. The number of carbonyl (C=O) groups excluding carboxylic acids is 2. The molecule has 1 aliphatic rings. The van der Waals surface area contributed by atoms with E-state index in [1.54, 1.807) is 12.1 Å². The van der Waals surface area contributed by atoms with Gasteiger partial charge in [0.2, 0.25) is 5.91 Å². The van der Waals surface area contributed by atoms with Crippen LogP contribution in [0.1, 0.15) is 33.4 Å². The number of carbonyl (C=O) groups is 2. The van der Waals surface area contributed by atoms with Crippen LogP contribution >= 0.6 is 0 Å².